The number of hydrogen-bond donors (Lipinski definition) is 0. The highest BCUT2D eigenvalue weighted by atomic mass is 32.1. The van der Waals surface area contributed by atoms with E-state index in [1.807, 2.05) is 51.6 Å². The van der Waals surface area contributed by atoms with E-state index < -0.39 is 0 Å². The molecule has 35 heavy (non-hydrogen) atoms. The highest BCUT2D eigenvalue weighted by molar-refractivity contribution is 7.10. The number of thiophene rings is 1. The largest absolute Gasteiger partial charge is 0.493 e. The van der Waals surface area contributed by atoms with Crippen LogP contribution in [0.4, 0.5) is 0 Å². The highest BCUT2D eigenvalue weighted by Crippen LogP contribution is 2.43. The number of likely N-dealkylation sites (tertiary alicyclic amines) is 1. The van der Waals surface area contributed by atoms with E-state index in [4.69, 9.17) is 9.47 Å². The summed E-state index contributed by atoms with van der Waals surface area (Å²) in [6.45, 7) is 1.73. The molecule has 6 nitrogen and oxygen atoms in total. The molecule has 0 N–H and O–H groups in total. The fourth-order valence-electron chi connectivity index (χ4n) is 5.23. The van der Waals surface area contributed by atoms with Crippen molar-refractivity contribution in [3.8, 4) is 11.5 Å². The van der Waals surface area contributed by atoms with Crippen LogP contribution in [-0.4, -0.2) is 55.5 Å². The second-order valence-corrected chi connectivity index (χ2v) is 10.1. The van der Waals surface area contributed by atoms with Gasteiger partial charge in [0.05, 0.1) is 26.2 Å². The highest BCUT2D eigenvalue weighted by Gasteiger charge is 2.41. The molecule has 2 aromatic carbocycles. The van der Waals surface area contributed by atoms with Gasteiger partial charge < -0.3 is 19.3 Å². The van der Waals surface area contributed by atoms with Crippen molar-refractivity contribution in [2.45, 2.75) is 25.3 Å². The molecule has 3 heterocycles. The molecule has 5 rings (SSSR count). The second kappa shape index (κ2) is 10.1. The van der Waals surface area contributed by atoms with Gasteiger partial charge in [0.2, 0.25) is 11.8 Å². The first-order valence-corrected chi connectivity index (χ1v) is 12.9. The zero-order valence-electron chi connectivity index (χ0n) is 20.1. The number of fused-ring (bicyclic) bond motifs is 1. The molecule has 2 amide bonds. The van der Waals surface area contributed by atoms with E-state index in [0.717, 1.165) is 28.8 Å². The lowest BCUT2D eigenvalue weighted by Crippen LogP contribution is -2.44. The minimum absolute atomic E-state index is 0.0550. The van der Waals surface area contributed by atoms with Crippen molar-refractivity contribution in [1.29, 1.82) is 0 Å². The van der Waals surface area contributed by atoms with E-state index in [2.05, 4.69) is 18.2 Å². The molecule has 1 saturated heterocycles. The quantitative estimate of drug-likeness (QED) is 0.495. The maximum absolute atomic E-state index is 13.9. The minimum Gasteiger partial charge on any atom is -0.493 e. The zero-order chi connectivity index (χ0) is 24.4. The Bertz CT molecular complexity index is 1200. The zero-order valence-corrected chi connectivity index (χ0v) is 20.9. The standard InChI is InChI=1S/C28H30N2O4S/c1-33-23-15-20-11-13-30(27(25-9-6-14-35-25)22(20)17-24(23)34-2)28(32)21-16-26(31)29(18-21)12-10-19-7-4-3-5-8-19/h3-9,14-15,17,21,27H,10-13,16,18H2,1-2H3. The average Bonchev–Trinajstić information content (AvgIpc) is 3.56. The minimum atomic E-state index is -0.317. The molecule has 0 spiro atoms. The van der Waals surface area contributed by atoms with Crippen LogP contribution in [0.1, 0.15) is 34.0 Å². The fraction of sp³-hybridized carbons (Fsp3) is 0.357. The first kappa shape index (κ1) is 23.4. The predicted molar refractivity (Wildman–Crippen MR) is 136 cm³/mol. The van der Waals surface area contributed by atoms with Gasteiger partial charge in [0.25, 0.3) is 0 Å². The van der Waals surface area contributed by atoms with E-state index in [1.54, 1.807) is 25.6 Å². The molecule has 0 saturated carbocycles. The van der Waals surface area contributed by atoms with Crippen molar-refractivity contribution >= 4 is 23.2 Å². The first-order valence-electron chi connectivity index (χ1n) is 12.0. The molecule has 0 radical (unpaired) electrons. The Kier molecular flexibility index (Phi) is 6.77. The molecule has 0 aliphatic carbocycles. The van der Waals surface area contributed by atoms with Gasteiger partial charge in [-0.15, -0.1) is 11.3 Å². The summed E-state index contributed by atoms with van der Waals surface area (Å²) in [6.07, 6.45) is 1.81. The molecule has 182 valence electrons. The fourth-order valence-corrected chi connectivity index (χ4v) is 6.09. The van der Waals surface area contributed by atoms with Crippen molar-refractivity contribution < 1.29 is 19.1 Å². The number of ether oxygens (including phenoxy) is 2. The number of carbonyl (C=O) groups excluding carboxylic acids is 2. The normalized spacial score (nSPS) is 19.5. The van der Waals surface area contributed by atoms with Gasteiger partial charge >= 0.3 is 0 Å². The van der Waals surface area contributed by atoms with Gasteiger partial charge in [0, 0.05) is 30.9 Å². The van der Waals surface area contributed by atoms with Gasteiger partial charge in [-0.1, -0.05) is 36.4 Å². The molecule has 3 aromatic rings. The Morgan fingerprint density at radius 2 is 1.83 bits per heavy atom. The third kappa shape index (κ3) is 4.65. The summed E-state index contributed by atoms with van der Waals surface area (Å²) in [7, 11) is 3.27. The van der Waals surface area contributed by atoms with Crippen molar-refractivity contribution in [1.82, 2.24) is 9.80 Å². The Labute approximate surface area is 210 Å². The molecule has 2 aliphatic rings. The van der Waals surface area contributed by atoms with E-state index >= 15 is 0 Å². The third-order valence-corrected chi connectivity index (χ3v) is 7.97. The predicted octanol–water partition coefficient (Wildman–Crippen LogP) is 4.33. The lowest BCUT2D eigenvalue weighted by atomic mass is 9.89. The molecule has 2 aliphatic heterocycles. The van der Waals surface area contributed by atoms with Crippen LogP contribution < -0.4 is 9.47 Å². The molecular weight excluding hydrogens is 460 g/mol. The molecule has 1 fully saturated rings. The topological polar surface area (TPSA) is 59.1 Å². The Hall–Kier alpha value is -3.32. The number of benzene rings is 2. The maximum atomic E-state index is 13.9. The van der Waals surface area contributed by atoms with E-state index in [9.17, 15) is 9.59 Å². The summed E-state index contributed by atoms with van der Waals surface area (Å²) in [6, 6.07) is 18.1. The van der Waals surface area contributed by atoms with Crippen LogP contribution >= 0.6 is 11.3 Å². The van der Waals surface area contributed by atoms with Crippen molar-refractivity contribution in [2.24, 2.45) is 5.92 Å². The Morgan fingerprint density at radius 3 is 2.54 bits per heavy atom. The van der Waals surface area contributed by atoms with Gasteiger partial charge in [-0.25, -0.2) is 0 Å². The number of rotatable bonds is 7. The Balaban J connectivity index is 1.38. The smallest absolute Gasteiger partial charge is 0.228 e. The third-order valence-electron chi connectivity index (χ3n) is 7.05. The summed E-state index contributed by atoms with van der Waals surface area (Å²) >= 11 is 1.64. The first-order chi connectivity index (χ1) is 17.1. The van der Waals surface area contributed by atoms with Crippen LogP contribution in [0.15, 0.2) is 60.0 Å². The summed E-state index contributed by atoms with van der Waals surface area (Å²) < 4.78 is 11.1. The summed E-state index contributed by atoms with van der Waals surface area (Å²) in [5.74, 6) is 1.16. The molecule has 2 unspecified atom stereocenters. The summed E-state index contributed by atoms with van der Waals surface area (Å²) in [5, 5.41) is 2.04. The number of methoxy groups -OCH3 is 2. The van der Waals surface area contributed by atoms with Gasteiger partial charge in [-0.05, 0) is 53.1 Å². The van der Waals surface area contributed by atoms with E-state index in [1.165, 1.54) is 5.56 Å². The maximum Gasteiger partial charge on any atom is 0.228 e. The Morgan fingerprint density at radius 1 is 1.06 bits per heavy atom. The number of carbonyl (C=O) groups is 2. The van der Waals surface area contributed by atoms with Crippen molar-refractivity contribution in [3.05, 3.63) is 81.5 Å². The van der Waals surface area contributed by atoms with Gasteiger partial charge in [-0.2, -0.15) is 0 Å². The van der Waals surface area contributed by atoms with Crippen molar-refractivity contribution in [3.63, 3.8) is 0 Å². The van der Waals surface area contributed by atoms with Crippen LogP contribution in [0.25, 0.3) is 0 Å². The lowest BCUT2D eigenvalue weighted by Gasteiger charge is -2.38. The van der Waals surface area contributed by atoms with Crippen LogP contribution in [0.2, 0.25) is 0 Å². The van der Waals surface area contributed by atoms with Gasteiger partial charge in [0.15, 0.2) is 11.5 Å². The summed E-state index contributed by atoms with van der Waals surface area (Å²) in [5.41, 5.74) is 3.43. The monoisotopic (exact) mass is 490 g/mol. The molecule has 0 bridgehead atoms. The molecular formula is C28H30N2O4S. The molecule has 7 heteroatoms. The van der Waals surface area contributed by atoms with Crippen LogP contribution in [0.3, 0.4) is 0 Å². The van der Waals surface area contributed by atoms with Crippen LogP contribution in [0.5, 0.6) is 11.5 Å². The van der Waals surface area contributed by atoms with Gasteiger partial charge in [0.1, 0.15) is 0 Å². The number of nitrogens with zero attached hydrogens (tertiary/aromatic N) is 2. The van der Waals surface area contributed by atoms with E-state index in [-0.39, 0.29) is 30.2 Å². The molecule has 1 aromatic heterocycles. The number of hydrogen-bond acceptors (Lipinski definition) is 5. The number of amides is 2. The van der Waals surface area contributed by atoms with Crippen molar-refractivity contribution in [2.75, 3.05) is 33.9 Å². The van der Waals surface area contributed by atoms with Gasteiger partial charge in [-0.3, -0.25) is 9.59 Å². The van der Waals surface area contributed by atoms with Crippen LogP contribution in [-0.2, 0) is 22.4 Å². The summed E-state index contributed by atoms with van der Waals surface area (Å²) in [4.78, 5) is 31.6. The van der Waals surface area contributed by atoms with Crippen LogP contribution in [0, 0.1) is 5.92 Å². The molecule has 2 atom stereocenters. The SMILES string of the molecule is COc1cc2c(cc1OC)C(c1cccs1)N(C(=O)C1CC(=O)N(CCc3ccccc3)C1)CC2. The second-order valence-electron chi connectivity index (χ2n) is 9.08. The lowest BCUT2D eigenvalue weighted by molar-refractivity contribution is -0.137. The van der Waals surface area contributed by atoms with E-state index in [0.29, 0.717) is 31.1 Å². The average molecular weight is 491 g/mol.